The van der Waals surface area contributed by atoms with E-state index >= 15 is 0 Å². The Kier molecular flexibility index (Phi) is 4.05. The Balaban J connectivity index is 1.61. The molecule has 4 bridgehead atoms. The molecule has 1 aromatic rings. The number of piperidine rings is 1. The number of phenols is 1. The van der Waals surface area contributed by atoms with Gasteiger partial charge in [-0.25, -0.2) is 0 Å². The molecule has 2 heterocycles. The van der Waals surface area contributed by atoms with Crippen LogP contribution in [0.4, 0.5) is 0 Å². The van der Waals surface area contributed by atoms with Crippen molar-refractivity contribution in [3.8, 4) is 11.5 Å². The third-order valence-corrected chi connectivity index (χ3v) is 10.1. The zero-order chi connectivity index (χ0) is 21.8. The van der Waals surface area contributed by atoms with Gasteiger partial charge in [-0.15, -0.1) is 0 Å². The van der Waals surface area contributed by atoms with Crippen molar-refractivity contribution >= 4 is 0 Å². The van der Waals surface area contributed by atoms with Gasteiger partial charge in [-0.3, -0.25) is 4.90 Å². The van der Waals surface area contributed by atoms with Gasteiger partial charge in [0.2, 0.25) is 0 Å². The summed E-state index contributed by atoms with van der Waals surface area (Å²) in [5.41, 5.74) is 1.17. The summed E-state index contributed by atoms with van der Waals surface area (Å²) in [6, 6.07) is 4.42. The minimum absolute atomic E-state index is 0.00325. The Morgan fingerprint density at radius 2 is 2.06 bits per heavy atom. The quantitative estimate of drug-likeness (QED) is 0.749. The molecular weight excluding hydrogens is 390 g/mol. The number of methoxy groups -OCH3 is 1. The third-order valence-electron chi connectivity index (χ3n) is 10.1. The van der Waals surface area contributed by atoms with Crippen molar-refractivity contribution in [2.75, 3.05) is 20.2 Å². The molecule has 5 nitrogen and oxygen atoms in total. The number of unbranched alkanes of at least 4 members (excludes halogenated alkanes) is 1. The Bertz CT molecular complexity index is 925. The van der Waals surface area contributed by atoms with Crippen molar-refractivity contribution in [2.24, 2.45) is 11.3 Å². The van der Waals surface area contributed by atoms with Crippen LogP contribution in [0.15, 0.2) is 12.1 Å². The molecule has 1 aromatic carbocycles. The van der Waals surface area contributed by atoms with E-state index in [2.05, 4.69) is 17.9 Å². The van der Waals surface area contributed by atoms with E-state index in [4.69, 9.17) is 9.47 Å². The number of hydrogen-bond acceptors (Lipinski definition) is 5. The third kappa shape index (κ3) is 2.14. The lowest BCUT2D eigenvalue weighted by Crippen LogP contribution is -2.82. The predicted octanol–water partition coefficient (Wildman–Crippen LogP) is 3.78. The Labute approximate surface area is 185 Å². The summed E-state index contributed by atoms with van der Waals surface area (Å²) < 4.78 is 13.2. The summed E-state index contributed by atoms with van der Waals surface area (Å²) in [6.45, 7) is 8.39. The Morgan fingerprint density at radius 3 is 2.77 bits per heavy atom. The number of benzene rings is 1. The number of ether oxygens (including phenoxy) is 2. The molecule has 6 aliphatic rings. The number of nitrogens with zero attached hydrogens (tertiary/aromatic N) is 1. The second-order valence-electron chi connectivity index (χ2n) is 11.5. The van der Waals surface area contributed by atoms with Crippen LogP contribution in [0.5, 0.6) is 11.5 Å². The van der Waals surface area contributed by atoms with Crippen LogP contribution in [0, 0.1) is 11.3 Å². The summed E-state index contributed by atoms with van der Waals surface area (Å²) in [5, 5.41) is 22.2. The smallest absolute Gasteiger partial charge is 0.165 e. The number of likely N-dealkylation sites (tertiary alicyclic amines) is 1. The van der Waals surface area contributed by atoms with Gasteiger partial charge >= 0.3 is 0 Å². The minimum Gasteiger partial charge on any atom is -0.504 e. The first-order chi connectivity index (χ1) is 14.7. The monoisotopic (exact) mass is 427 g/mol. The number of fused-ring (bicyclic) bond motifs is 2. The van der Waals surface area contributed by atoms with Crippen LogP contribution in [0.2, 0.25) is 0 Å². The van der Waals surface area contributed by atoms with E-state index in [1.54, 1.807) is 7.11 Å². The summed E-state index contributed by atoms with van der Waals surface area (Å²) in [6.07, 6.45) is 7.33. The van der Waals surface area contributed by atoms with E-state index in [1.165, 1.54) is 24.0 Å². The molecule has 4 aliphatic carbocycles. The number of aromatic hydroxyl groups is 1. The van der Waals surface area contributed by atoms with Gasteiger partial charge in [0, 0.05) is 35.5 Å². The summed E-state index contributed by atoms with van der Waals surface area (Å²) in [7, 11) is 1.80. The lowest BCUT2D eigenvalue weighted by atomic mass is 9.34. The molecule has 1 saturated heterocycles. The highest BCUT2D eigenvalue weighted by atomic mass is 16.6. The van der Waals surface area contributed by atoms with Gasteiger partial charge in [0.05, 0.1) is 5.60 Å². The zero-order valence-electron chi connectivity index (χ0n) is 19.4. The molecule has 31 heavy (non-hydrogen) atoms. The van der Waals surface area contributed by atoms with Gasteiger partial charge in [0.1, 0.15) is 11.7 Å². The van der Waals surface area contributed by atoms with Crippen LogP contribution in [-0.4, -0.2) is 58.7 Å². The SMILES string of the molecule is CCCCN1CC[C@]23c4c5ccc(O)c4O[C@H]2[C@@]2(OC)CC[C@@]3(C[C@@H]2C(C)(C)O)[C@H]1C5. The highest BCUT2D eigenvalue weighted by Crippen LogP contribution is 2.77. The largest absolute Gasteiger partial charge is 0.504 e. The molecule has 0 amide bonds. The molecule has 5 heteroatoms. The van der Waals surface area contributed by atoms with Crippen molar-refractivity contribution in [1.82, 2.24) is 4.90 Å². The molecule has 4 fully saturated rings. The van der Waals surface area contributed by atoms with Crippen molar-refractivity contribution in [2.45, 2.75) is 94.5 Å². The molecule has 0 aromatic heterocycles. The van der Waals surface area contributed by atoms with E-state index in [0.717, 1.165) is 45.2 Å². The molecule has 0 radical (unpaired) electrons. The number of phenolic OH excluding ortho intramolecular Hbond substituents is 1. The molecule has 6 atom stereocenters. The molecule has 2 spiro atoms. The molecule has 0 unspecified atom stereocenters. The summed E-state index contributed by atoms with van der Waals surface area (Å²) in [5.74, 6) is 0.963. The lowest BCUT2D eigenvalue weighted by Gasteiger charge is -2.74. The van der Waals surface area contributed by atoms with Gasteiger partial charge in [-0.2, -0.15) is 0 Å². The van der Waals surface area contributed by atoms with Crippen molar-refractivity contribution in [1.29, 1.82) is 0 Å². The van der Waals surface area contributed by atoms with E-state index < -0.39 is 11.2 Å². The van der Waals surface area contributed by atoms with Crippen molar-refractivity contribution in [3.05, 3.63) is 23.3 Å². The summed E-state index contributed by atoms with van der Waals surface area (Å²) >= 11 is 0. The lowest BCUT2D eigenvalue weighted by molar-refractivity contribution is -0.300. The molecule has 170 valence electrons. The fraction of sp³-hybridized carbons (Fsp3) is 0.769. The average Bonchev–Trinajstić information content (AvgIpc) is 3.11. The van der Waals surface area contributed by atoms with E-state index in [-0.39, 0.29) is 28.6 Å². The molecule has 7 rings (SSSR count). The predicted molar refractivity (Wildman–Crippen MR) is 119 cm³/mol. The van der Waals surface area contributed by atoms with Crippen LogP contribution >= 0.6 is 0 Å². The van der Waals surface area contributed by atoms with Crippen molar-refractivity contribution < 1.29 is 19.7 Å². The molecular formula is C26H37NO4. The summed E-state index contributed by atoms with van der Waals surface area (Å²) in [4.78, 5) is 2.76. The normalized spacial score (nSPS) is 42.4. The van der Waals surface area contributed by atoms with Crippen LogP contribution in [0.25, 0.3) is 0 Å². The van der Waals surface area contributed by atoms with Gasteiger partial charge < -0.3 is 19.7 Å². The van der Waals surface area contributed by atoms with Crippen LogP contribution in [0.3, 0.4) is 0 Å². The minimum atomic E-state index is -0.853. The molecule has 2 N–H and O–H groups in total. The van der Waals surface area contributed by atoms with E-state index in [1.807, 2.05) is 19.9 Å². The topological polar surface area (TPSA) is 62.2 Å². The Morgan fingerprint density at radius 1 is 1.26 bits per heavy atom. The first-order valence-electron chi connectivity index (χ1n) is 12.3. The number of hydrogen-bond donors (Lipinski definition) is 2. The fourth-order valence-electron chi connectivity index (χ4n) is 9.01. The van der Waals surface area contributed by atoms with Crippen LogP contribution in [-0.2, 0) is 16.6 Å². The van der Waals surface area contributed by atoms with Gasteiger partial charge in [0.25, 0.3) is 0 Å². The first-order valence-corrected chi connectivity index (χ1v) is 12.3. The van der Waals surface area contributed by atoms with E-state index in [9.17, 15) is 10.2 Å². The van der Waals surface area contributed by atoms with E-state index in [0.29, 0.717) is 11.8 Å². The van der Waals surface area contributed by atoms with Crippen LogP contribution in [0.1, 0.15) is 70.4 Å². The molecule has 2 aliphatic heterocycles. The first kappa shape index (κ1) is 20.3. The van der Waals surface area contributed by atoms with Crippen LogP contribution < -0.4 is 4.74 Å². The van der Waals surface area contributed by atoms with Gasteiger partial charge in [-0.05, 0) is 77.1 Å². The standard InChI is InChI=1S/C26H37NO4/c1-5-6-12-27-13-11-25-20-16-7-8-17(28)21(20)31-22(25)26(30-4)10-9-24(25,19(27)14-16)15-18(26)23(2,3)29/h7-8,18-19,22,28-29H,5-6,9-15H2,1-4H3/t18-,19-,22-,24-,25+,26-/m1/s1. The Hall–Kier alpha value is -1.30. The second kappa shape index (κ2) is 6.18. The number of aliphatic hydroxyl groups is 1. The highest BCUT2D eigenvalue weighted by molar-refractivity contribution is 5.63. The van der Waals surface area contributed by atoms with Crippen molar-refractivity contribution in [3.63, 3.8) is 0 Å². The maximum atomic E-state index is 11.3. The molecule has 3 saturated carbocycles. The average molecular weight is 428 g/mol. The fourth-order valence-corrected chi connectivity index (χ4v) is 9.01. The maximum Gasteiger partial charge on any atom is 0.165 e. The number of rotatable bonds is 5. The van der Waals surface area contributed by atoms with Gasteiger partial charge in [0.15, 0.2) is 11.5 Å². The second-order valence-corrected chi connectivity index (χ2v) is 11.5. The zero-order valence-corrected chi connectivity index (χ0v) is 19.4. The maximum absolute atomic E-state index is 11.3. The highest BCUT2D eigenvalue weighted by Gasteiger charge is 2.81. The van der Waals surface area contributed by atoms with Gasteiger partial charge in [-0.1, -0.05) is 19.4 Å².